The number of carbonyl (C=O) groups is 1. The van der Waals surface area contributed by atoms with Gasteiger partial charge in [-0.25, -0.2) is 0 Å². The molecule has 1 heteroatoms. The van der Waals surface area contributed by atoms with E-state index in [9.17, 15) is 4.79 Å². The van der Waals surface area contributed by atoms with Gasteiger partial charge in [0.25, 0.3) is 0 Å². The summed E-state index contributed by atoms with van der Waals surface area (Å²) in [4.78, 5) is 11.1. The Bertz CT molecular complexity index is 344. The van der Waals surface area contributed by atoms with E-state index in [1.807, 2.05) is 0 Å². The van der Waals surface area contributed by atoms with E-state index in [2.05, 4.69) is 46.8 Å². The molecule has 1 fully saturated rings. The third-order valence-electron chi connectivity index (χ3n) is 5.72. The van der Waals surface area contributed by atoms with Crippen molar-refractivity contribution in [2.75, 3.05) is 0 Å². The first-order valence-corrected chi connectivity index (χ1v) is 9.55. The fourth-order valence-corrected chi connectivity index (χ4v) is 4.08. The normalized spacial score (nSPS) is 28.9. The van der Waals surface area contributed by atoms with E-state index >= 15 is 0 Å². The molecule has 0 radical (unpaired) electrons. The van der Waals surface area contributed by atoms with Gasteiger partial charge in [0, 0.05) is 6.42 Å². The van der Waals surface area contributed by atoms with E-state index < -0.39 is 0 Å². The average molecular weight is 307 g/mol. The summed E-state index contributed by atoms with van der Waals surface area (Å²) in [7, 11) is 0. The molecule has 0 heterocycles. The molecule has 1 rings (SSSR count). The van der Waals surface area contributed by atoms with Crippen LogP contribution in [0.2, 0.25) is 0 Å². The lowest BCUT2D eigenvalue weighted by Gasteiger charge is -2.36. The molecular formula is C21H38O. The van der Waals surface area contributed by atoms with Gasteiger partial charge in [0.1, 0.15) is 6.29 Å². The minimum absolute atomic E-state index is 0.0686. The fourth-order valence-electron chi connectivity index (χ4n) is 4.08. The lowest BCUT2D eigenvalue weighted by Crippen LogP contribution is -2.27. The second kappa shape index (κ2) is 9.53. The van der Waals surface area contributed by atoms with Crippen LogP contribution >= 0.6 is 0 Å². The Kier molecular flexibility index (Phi) is 8.43. The zero-order valence-corrected chi connectivity index (χ0v) is 15.6. The van der Waals surface area contributed by atoms with Crippen LogP contribution in [0, 0.1) is 29.1 Å². The lowest BCUT2D eigenvalue weighted by molar-refractivity contribution is -0.109. The molecular weight excluding hydrogens is 268 g/mol. The van der Waals surface area contributed by atoms with Crippen molar-refractivity contribution in [3.05, 3.63) is 12.2 Å². The maximum absolute atomic E-state index is 11.1. The van der Waals surface area contributed by atoms with Crippen LogP contribution in [0.5, 0.6) is 0 Å². The summed E-state index contributed by atoms with van der Waals surface area (Å²) in [6.45, 7) is 11.6. The van der Waals surface area contributed by atoms with Crippen molar-refractivity contribution >= 4 is 6.29 Å². The second-order valence-electron chi connectivity index (χ2n) is 8.33. The van der Waals surface area contributed by atoms with Gasteiger partial charge in [-0.3, -0.25) is 0 Å². The Morgan fingerprint density at radius 2 is 1.95 bits per heavy atom. The molecule has 0 amide bonds. The molecule has 0 aromatic heterocycles. The monoisotopic (exact) mass is 306 g/mol. The van der Waals surface area contributed by atoms with E-state index in [1.54, 1.807) is 0 Å². The topological polar surface area (TPSA) is 17.1 Å². The van der Waals surface area contributed by atoms with Crippen molar-refractivity contribution in [1.29, 1.82) is 0 Å². The van der Waals surface area contributed by atoms with Crippen LogP contribution in [0.4, 0.5) is 0 Å². The van der Waals surface area contributed by atoms with Crippen molar-refractivity contribution in [2.24, 2.45) is 29.1 Å². The predicted molar refractivity (Wildman–Crippen MR) is 96.9 cm³/mol. The fraction of sp³-hybridized carbons (Fsp3) is 0.857. The summed E-state index contributed by atoms with van der Waals surface area (Å²) in [6.07, 6.45) is 15.6. The molecule has 0 aromatic carbocycles. The van der Waals surface area contributed by atoms with Gasteiger partial charge < -0.3 is 4.79 Å². The highest BCUT2D eigenvalue weighted by Gasteiger charge is 2.30. The zero-order valence-electron chi connectivity index (χ0n) is 15.6. The number of hydrogen-bond donors (Lipinski definition) is 0. The molecule has 1 nitrogen and oxygen atoms in total. The summed E-state index contributed by atoms with van der Waals surface area (Å²) >= 11 is 0. The lowest BCUT2D eigenvalue weighted by atomic mass is 9.69. The van der Waals surface area contributed by atoms with E-state index in [1.165, 1.54) is 38.5 Å². The molecule has 0 aliphatic heterocycles. The maximum atomic E-state index is 11.1. The van der Waals surface area contributed by atoms with E-state index in [0.717, 1.165) is 30.5 Å². The zero-order chi connectivity index (χ0) is 16.6. The summed E-state index contributed by atoms with van der Waals surface area (Å²) in [6, 6.07) is 0. The Labute approximate surface area is 139 Å². The molecule has 0 saturated heterocycles. The van der Waals surface area contributed by atoms with Gasteiger partial charge in [-0.15, -0.1) is 0 Å². The summed E-state index contributed by atoms with van der Waals surface area (Å²) in [5.74, 6) is 3.14. The highest BCUT2D eigenvalue weighted by atomic mass is 16.1. The second-order valence-corrected chi connectivity index (χ2v) is 8.33. The predicted octanol–water partition coefficient (Wildman–Crippen LogP) is 6.43. The minimum Gasteiger partial charge on any atom is -0.303 e. The number of aldehydes is 1. The number of allylic oxidation sites excluding steroid dienone is 2. The Morgan fingerprint density at radius 1 is 1.23 bits per heavy atom. The average Bonchev–Trinajstić information content (AvgIpc) is 2.45. The summed E-state index contributed by atoms with van der Waals surface area (Å²) < 4.78 is 0. The van der Waals surface area contributed by atoms with Crippen LogP contribution in [-0.2, 0) is 4.79 Å². The van der Waals surface area contributed by atoms with Gasteiger partial charge in [-0.05, 0) is 48.3 Å². The first kappa shape index (κ1) is 19.5. The third kappa shape index (κ3) is 6.26. The SMILES string of the molecule is CCCCC[C@](C)(/C=C/[C@@H]1C[C@H](C)CC[C@H]1C(C)C)CC=O. The minimum atomic E-state index is 0.0686. The number of rotatable bonds is 9. The van der Waals surface area contributed by atoms with E-state index in [0.29, 0.717) is 12.3 Å². The Morgan fingerprint density at radius 3 is 2.55 bits per heavy atom. The van der Waals surface area contributed by atoms with Crippen LogP contribution in [0.3, 0.4) is 0 Å². The molecule has 4 atom stereocenters. The van der Waals surface area contributed by atoms with Crippen LogP contribution < -0.4 is 0 Å². The van der Waals surface area contributed by atoms with Crippen molar-refractivity contribution in [1.82, 2.24) is 0 Å². The van der Waals surface area contributed by atoms with Gasteiger partial charge in [0.2, 0.25) is 0 Å². The molecule has 0 aromatic rings. The smallest absolute Gasteiger partial charge is 0.120 e. The molecule has 1 aliphatic rings. The molecule has 0 unspecified atom stereocenters. The summed E-state index contributed by atoms with van der Waals surface area (Å²) in [5, 5.41) is 0. The molecule has 1 aliphatic carbocycles. The molecule has 1 saturated carbocycles. The molecule has 22 heavy (non-hydrogen) atoms. The third-order valence-corrected chi connectivity index (χ3v) is 5.72. The molecule has 0 N–H and O–H groups in total. The van der Waals surface area contributed by atoms with E-state index in [-0.39, 0.29) is 5.41 Å². The summed E-state index contributed by atoms with van der Waals surface area (Å²) in [5.41, 5.74) is 0.0686. The highest BCUT2D eigenvalue weighted by molar-refractivity contribution is 5.51. The number of unbranched alkanes of at least 4 members (excludes halogenated alkanes) is 2. The van der Waals surface area contributed by atoms with Gasteiger partial charge in [-0.2, -0.15) is 0 Å². The van der Waals surface area contributed by atoms with Crippen molar-refractivity contribution in [2.45, 2.75) is 86.0 Å². The highest BCUT2D eigenvalue weighted by Crippen LogP contribution is 2.40. The quantitative estimate of drug-likeness (QED) is 0.272. The van der Waals surface area contributed by atoms with Crippen LogP contribution in [0.15, 0.2) is 12.2 Å². The van der Waals surface area contributed by atoms with Gasteiger partial charge in [0.15, 0.2) is 0 Å². The van der Waals surface area contributed by atoms with E-state index in [4.69, 9.17) is 0 Å². The number of carbonyl (C=O) groups excluding carboxylic acids is 1. The Hall–Kier alpha value is -0.590. The largest absolute Gasteiger partial charge is 0.303 e. The van der Waals surface area contributed by atoms with Crippen LogP contribution in [0.1, 0.15) is 86.0 Å². The van der Waals surface area contributed by atoms with Crippen molar-refractivity contribution in [3.8, 4) is 0 Å². The first-order valence-electron chi connectivity index (χ1n) is 9.55. The van der Waals surface area contributed by atoms with Crippen LogP contribution in [-0.4, -0.2) is 6.29 Å². The van der Waals surface area contributed by atoms with Gasteiger partial charge in [0.05, 0.1) is 0 Å². The van der Waals surface area contributed by atoms with Crippen LogP contribution in [0.25, 0.3) is 0 Å². The van der Waals surface area contributed by atoms with Crippen molar-refractivity contribution in [3.63, 3.8) is 0 Å². The van der Waals surface area contributed by atoms with Gasteiger partial charge in [-0.1, -0.05) is 72.5 Å². The Balaban J connectivity index is 2.75. The maximum Gasteiger partial charge on any atom is 0.120 e. The molecule has 0 bridgehead atoms. The van der Waals surface area contributed by atoms with Crippen molar-refractivity contribution < 1.29 is 4.79 Å². The van der Waals surface area contributed by atoms with Gasteiger partial charge >= 0.3 is 0 Å². The standard InChI is InChI=1S/C21H38O/c1-6-7-8-12-21(5,14-15-22)13-11-19-16-18(4)9-10-20(19)17(2)3/h11,13,15,17-20H,6-10,12,14,16H2,1-5H3/b13-11+/t18-,19-,20+,21-/m1/s1. The molecule has 128 valence electrons. The first-order chi connectivity index (χ1) is 10.4. The number of hydrogen-bond acceptors (Lipinski definition) is 1. The molecule has 0 spiro atoms.